The van der Waals surface area contributed by atoms with Gasteiger partial charge in [-0.15, -0.1) is 6.42 Å². The molecule has 0 saturated heterocycles. The molecular formula is C18H18ClN2O+. The Kier molecular flexibility index (Phi) is 5.60. The van der Waals surface area contributed by atoms with Crippen molar-refractivity contribution in [3.8, 4) is 12.3 Å². The Balaban J connectivity index is 2.18. The van der Waals surface area contributed by atoms with Crippen LogP contribution in [0.5, 0.6) is 0 Å². The number of amides is 1. The van der Waals surface area contributed by atoms with Gasteiger partial charge >= 0.3 is 0 Å². The maximum Gasteiger partial charge on any atom is 0.287 e. The van der Waals surface area contributed by atoms with Crippen molar-refractivity contribution in [3.05, 3.63) is 64.7 Å². The molecule has 3 N–H and O–H groups in total. The minimum atomic E-state index is -0.391. The number of nitrogens with two attached hydrogens (primary N) is 1. The van der Waals surface area contributed by atoms with Crippen molar-refractivity contribution < 1.29 is 10.1 Å². The van der Waals surface area contributed by atoms with Gasteiger partial charge in [-0.1, -0.05) is 48.0 Å². The maximum absolute atomic E-state index is 12.6. The summed E-state index contributed by atoms with van der Waals surface area (Å²) in [5, 5.41) is 5.35. The number of terminal acetylenes is 1. The van der Waals surface area contributed by atoms with Gasteiger partial charge in [0.1, 0.15) is 6.54 Å². The van der Waals surface area contributed by atoms with E-state index in [0.29, 0.717) is 17.3 Å². The van der Waals surface area contributed by atoms with Crippen LogP contribution >= 0.6 is 11.6 Å². The Labute approximate surface area is 135 Å². The number of carbonyl (C=O) groups excluding carboxylic acids is 1. The van der Waals surface area contributed by atoms with E-state index in [-0.39, 0.29) is 5.91 Å². The van der Waals surface area contributed by atoms with E-state index >= 15 is 0 Å². The van der Waals surface area contributed by atoms with E-state index in [4.69, 9.17) is 18.0 Å². The second kappa shape index (κ2) is 7.65. The van der Waals surface area contributed by atoms with Crippen LogP contribution in [0.2, 0.25) is 5.02 Å². The number of aryl methyl sites for hydroxylation is 1. The Bertz CT molecular complexity index is 692. The number of benzene rings is 2. The first-order valence-corrected chi connectivity index (χ1v) is 7.38. The topological polar surface area (TPSA) is 45.7 Å². The number of carbonyl (C=O) groups is 1. The molecule has 0 heterocycles. The smallest absolute Gasteiger partial charge is 0.287 e. The van der Waals surface area contributed by atoms with Gasteiger partial charge in [0.15, 0.2) is 6.04 Å². The molecule has 1 amide bonds. The van der Waals surface area contributed by atoms with Gasteiger partial charge in [0, 0.05) is 16.3 Å². The van der Waals surface area contributed by atoms with E-state index in [2.05, 4.69) is 11.2 Å². The molecule has 0 aliphatic rings. The predicted molar refractivity (Wildman–Crippen MR) is 89.6 cm³/mol. The third kappa shape index (κ3) is 4.11. The molecule has 2 aromatic carbocycles. The van der Waals surface area contributed by atoms with Gasteiger partial charge in [0.05, 0.1) is 0 Å². The molecule has 0 aromatic heterocycles. The lowest BCUT2D eigenvalue weighted by atomic mass is 10.1. The lowest BCUT2D eigenvalue weighted by molar-refractivity contribution is -0.672. The van der Waals surface area contributed by atoms with Gasteiger partial charge < -0.3 is 10.6 Å². The van der Waals surface area contributed by atoms with Crippen LogP contribution in [0.3, 0.4) is 0 Å². The van der Waals surface area contributed by atoms with Crippen molar-refractivity contribution in [2.45, 2.75) is 13.0 Å². The molecule has 0 unspecified atom stereocenters. The molecule has 0 radical (unpaired) electrons. The number of rotatable bonds is 5. The van der Waals surface area contributed by atoms with Gasteiger partial charge in [-0.25, -0.2) is 0 Å². The highest BCUT2D eigenvalue weighted by Crippen LogP contribution is 2.21. The summed E-state index contributed by atoms with van der Waals surface area (Å²) in [6.07, 6.45) is 5.31. The number of anilines is 1. The van der Waals surface area contributed by atoms with E-state index in [1.165, 1.54) is 0 Å². The summed E-state index contributed by atoms with van der Waals surface area (Å²) < 4.78 is 0. The molecule has 0 saturated carbocycles. The molecule has 0 aliphatic carbocycles. The number of quaternary nitrogens is 1. The third-order valence-electron chi connectivity index (χ3n) is 3.35. The summed E-state index contributed by atoms with van der Waals surface area (Å²) in [6, 6.07) is 14.6. The normalized spacial score (nSPS) is 11.5. The standard InChI is InChI=1S/C18H17ClN2O/c1-3-11-20-17(14-7-5-4-6-8-14)18(22)21-15-10-9-13(2)16(19)12-15/h1,4-10,12,17,20H,11H2,2H3,(H,21,22)/p+1/t17-/m0/s1. The van der Waals surface area contributed by atoms with Crippen LogP contribution in [-0.4, -0.2) is 12.5 Å². The molecule has 0 spiro atoms. The zero-order valence-electron chi connectivity index (χ0n) is 12.3. The van der Waals surface area contributed by atoms with E-state index in [1.807, 2.05) is 54.7 Å². The minimum Gasteiger partial charge on any atom is -0.322 e. The quantitative estimate of drug-likeness (QED) is 0.819. The first kappa shape index (κ1) is 16.1. The van der Waals surface area contributed by atoms with E-state index in [1.54, 1.807) is 6.07 Å². The molecule has 1 atom stereocenters. The molecule has 112 valence electrons. The van der Waals surface area contributed by atoms with Crippen LogP contribution in [0.1, 0.15) is 17.2 Å². The largest absolute Gasteiger partial charge is 0.322 e. The highest BCUT2D eigenvalue weighted by molar-refractivity contribution is 6.31. The van der Waals surface area contributed by atoms with E-state index in [9.17, 15) is 4.79 Å². The first-order valence-electron chi connectivity index (χ1n) is 7.00. The Morgan fingerprint density at radius 2 is 2.05 bits per heavy atom. The molecule has 0 aliphatic heterocycles. The van der Waals surface area contributed by atoms with Crippen LogP contribution in [0.25, 0.3) is 0 Å². The van der Waals surface area contributed by atoms with Crippen molar-refractivity contribution in [2.75, 3.05) is 11.9 Å². The predicted octanol–water partition coefficient (Wildman–Crippen LogP) is 2.52. The average Bonchev–Trinajstić information content (AvgIpc) is 2.52. The lowest BCUT2D eigenvalue weighted by Gasteiger charge is -2.15. The van der Waals surface area contributed by atoms with Gasteiger partial charge in [-0.3, -0.25) is 4.79 Å². The molecule has 0 fully saturated rings. The molecular weight excluding hydrogens is 296 g/mol. The first-order chi connectivity index (χ1) is 10.6. The van der Waals surface area contributed by atoms with Crippen molar-refractivity contribution in [3.63, 3.8) is 0 Å². The van der Waals surface area contributed by atoms with Crippen molar-refractivity contribution in [1.29, 1.82) is 0 Å². The molecule has 0 bridgehead atoms. The van der Waals surface area contributed by atoms with Crippen molar-refractivity contribution in [1.82, 2.24) is 0 Å². The van der Waals surface area contributed by atoms with E-state index < -0.39 is 6.04 Å². The SMILES string of the molecule is C#CC[NH2+][C@H](C(=O)Nc1ccc(C)c(Cl)c1)c1ccccc1. The summed E-state index contributed by atoms with van der Waals surface area (Å²) in [5.41, 5.74) is 2.56. The number of hydrogen-bond acceptors (Lipinski definition) is 1. The van der Waals surface area contributed by atoms with Gasteiger partial charge in [0.2, 0.25) is 0 Å². The minimum absolute atomic E-state index is 0.124. The number of halogens is 1. The fourth-order valence-corrected chi connectivity index (χ4v) is 2.31. The van der Waals surface area contributed by atoms with Gasteiger partial charge in [-0.05, 0) is 30.5 Å². The van der Waals surface area contributed by atoms with Crippen LogP contribution in [0, 0.1) is 19.3 Å². The lowest BCUT2D eigenvalue weighted by Crippen LogP contribution is -2.87. The highest BCUT2D eigenvalue weighted by Gasteiger charge is 2.23. The Hall–Kier alpha value is -2.28. The fraction of sp³-hybridized carbons (Fsp3) is 0.167. The molecule has 4 heteroatoms. The number of nitrogens with one attached hydrogen (secondary N) is 1. The summed E-state index contributed by atoms with van der Waals surface area (Å²) in [5.74, 6) is 2.42. The van der Waals surface area contributed by atoms with Crippen molar-refractivity contribution >= 4 is 23.2 Å². The third-order valence-corrected chi connectivity index (χ3v) is 3.76. The zero-order valence-corrected chi connectivity index (χ0v) is 13.1. The molecule has 3 nitrogen and oxygen atoms in total. The summed E-state index contributed by atoms with van der Waals surface area (Å²) >= 11 is 6.09. The zero-order chi connectivity index (χ0) is 15.9. The molecule has 2 rings (SSSR count). The van der Waals surface area contributed by atoms with Crippen molar-refractivity contribution in [2.24, 2.45) is 0 Å². The second-order valence-electron chi connectivity index (χ2n) is 4.99. The summed E-state index contributed by atoms with van der Waals surface area (Å²) in [6.45, 7) is 2.35. The monoisotopic (exact) mass is 313 g/mol. The van der Waals surface area contributed by atoms with Crippen LogP contribution in [0.15, 0.2) is 48.5 Å². The summed E-state index contributed by atoms with van der Waals surface area (Å²) in [7, 11) is 0. The van der Waals surface area contributed by atoms with Crippen LogP contribution in [-0.2, 0) is 4.79 Å². The van der Waals surface area contributed by atoms with Gasteiger partial charge in [0.25, 0.3) is 5.91 Å². The number of hydrogen-bond donors (Lipinski definition) is 2. The fourth-order valence-electron chi connectivity index (χ4n) is 2.13. The van der Waals surface area contributed by atoms with Crippen LogP contribution < -0.4 is 10.6 Å². The Morgan fingerprint density at radius 1 is 1.32 bits per heavy atom. The van der Waals surface area contributed by atoms with Gasteiger partial charge in [-0.2, -0.15) is 0 Å². The van der Waals surface area contributed by atoms with E-state index in [0.717, 1.165) is 11.1 Å². The highest BCUT2D eigenvalue weighted by atomic mass is 35.5. The maximum atomic E-state index is 12.6. The second-order valence-corrected chi connectivity index (χ2v) is 5.39. The summed E-state index contributed by atoms with van der Waals surface area (Å²) in [4.78, 5) is 12.6. The van der Waals surface area contributed by atoms with Crippen LogP contribution in [0.4, 0.5) is 5.69 Å². The average molecular weight is 314 g/mol. The molecule has 22 heavy (non-hydrogen) atoms. The Morgan fingerprint density at radius 3 is 2.68 bits per heavy atom. The molecule has 2 aromatic rings.